The molecule has 5 heterocycles. The van der Waals surface area contributed by atoms with Gasteiger partial charge in [0.25, 0.3) is 0 Å². The Bertz CT molecular complexity index is 1840. The van der Waals surface area contributed by atoms with E-state index in [1.807, 2.05) is 6.92 Å². The molecule has 54 heavy (non-hydrogen) atoms. The summed E-state index contributed by atoms with van der Waals surface area (Å²) >= 11 is 0. The average molecular weight is 778 g/mol. The Kier molecular flexibility index (Phi) is 16.2. The third-order valence-corrected chi connectivity index (χ3v) is 11.9. The van der Waals surface area contributed by atoms with Crippen molar-refractivity contribution >= 4 is 29.5 Å². The largest absolute Gasteiger partial charge is 2.00 e. The quantitative estimate of drug-likeness (QED) is 0.0910. The van der Waals surface area contributed by atoms with Crippen LogP contribution < -0.4 is 9.97 Å². The van der Waals surface area contributed by atoms with Crippen molar-refractivity contribution in [3.05, 3.63) is 78.7 Å². The van der Waals surface area contributed by atoms with Gasteiger partial charge >= 0.3 is 22.5 Å². The van der Waals surface area contributed by atoms with Crippen LogP contribution in [0.5, 0.6) is 0 Å². The van der Waals surface area contributed by atoms with Gasteiger partial charge in [0.15, 0.2) is 0 Å². The number of carbonyl (C=O) groups excluding carboxylic acids is 1. The van der Waals surface area contributed by atoms with Crippen LogP contribution in [0.4, 0.5) is 0 Å². The molecule has 0 aliphatic carbocycles. The van der Waals surface area contributed by atoms with E-state index in [1.54, 1.807) is 0 Å². The second-order valence-electron chi connectivity index (χ2n) is 14.8. The van der Waals surface area contributed by atoms with Crippen LogP contribution in [0.1, 0.15) is 197 Å². The molecule has 0 spiro atoms. The molecule has 0 saturated carbocycles. The minimum atomic E-state index is -0.112. The van der Waals surface area contributed by atoms with E-state index in [-0.39, 0.29) is 34.3 Å². The smallest absolute Gasteiger partial charge is 0.660 e. The van der Waals surface area contributed by atoms with Crippen LogP contribution in [0, 0.1) is 0 Å². The number of aliphatic imine (C=N–C) groups is 2. The molecule has 8 bridgehead atoms. The predicted molar refractivity (Wildman–Crippen MR) is 223 cm³/mol. The molecule has 0 aromatic carbocycles. The molecule has 3 aliphatic heterocycles. The maximum absolute atomic E-state index is 12.3. The monoisotopic (exact) mass is 776 g/mol. The zero-order valence-electron chi connectivity index (χ0n) is 35.0. The molecular formula is C47H66N4NiO2. The molecule has 296 valence electrons. The van der Waals surface area contributed by atoms with E-state index in [4.69, 9.17) is 24.7 Å². The first-order chi connectivity index (χ1) is 25.8. The van der Waals surface area contributed by atoms with Crippen LogP contribution in [0.2, 0.25) is 0 Å². The number of allylic oxidation sites excluding steroid dienone is 4. The third-order valence-electron chi connectivity index (χ3n) is 11.9. The van der Waals surface area contributed by atoms with Crippen LogP contribution in [0.3, 0.4) is 0 Å². The molecule has 0 radical (unpaired) electrons. The number of aromatic nitrogens is 2. The molecule has 3 aliphatic rings. The van der Waals surface area contributed by atoms with E-state index in [9.17, 15) is 4.79 Å². The van der Waals surface area contributed by atoms with Crippen molar-refractivity contribution < 1.29 is 26.0 Å². The van der Waals surface area contributed by atoms with Gasteiger partial charge in [0.05, 0.1) is 29.4 Å². The normalized spacial score (nSPS) is 20.0. The standard InChI is InChI=1S/C47H66N4O2.Ni/c1-11-21-24-37-44-33(16-6)29(12-2)39(48-44)27-41-31(14-4)35(18-8)46(50-41)38(25-22-23-26-43(52)53-20-10)47-36(19-9)32(15-5)42(51-47)28-40-30(13-3)34(17-7)45(37)49-40;/h27-28,37-38H,11-26H2,1-10H3;/q-2;+2. The van der Waals surface area contributed by atoms with E-state index in [2.05, 4.69) is 74.5 Å². The molecule has 6 nitrogen and oxygen atoms in total. The molecule has 0 N–H and O–H groups in total. The Hall–Kier alpha value is -3.18. The number of nitrogens with zero attached hydrogens (tertiary/aromatic N) is 4. The molecule has 2 atom stereocenters. The topological polar surface area (TPSA) is 79.2 Å². The number of unbranched alkanes of at least 4 members (excludes halogenated alkanes) is 2. The van der Waals surface area contributed by atoms with E-state index in [0.717, 1.165) is 124 Å². The van der Waals surface area contributed by atoms with Gasteiger partial charge in [-0.3, -0.25) is 14.8 Å². The van der Waals surface area contributed by atoms with Crippen LogP contribution in [-0.2, 0) is 51.7 Å². The molecule has 5 rings (SSSR count). The summed E-state index contributed by atoms with van der Waals surface area (Å²) in [6, 6.07) is 0. The zero-order chi connectivity index (χ0) is 38.2. The second-order valence-corrected chi connectivity index (χ2v) is 14.8. The fourth-order valence-electron chi connectivity index (χ4n) is 9.41. The molecule has 2 aromatic rings. The van der Waals surface area contributed by atoms with Crippen molar-refractivity contribution in [3.63, 3.8) is 0 Å². The van der Waals surface area contributed by atoms with Crippen LogP contribution >= 0.6 is 0 Å². The van der Waals surface area contributed by atoms with E-state index < -0.39 is 0 Å². The van der Waals surface area contributed by atoms with E-state index in [0.29, 0.717) is 13.0 Å². The predicted octanol–water partition coefficient (Wildman–Crippen LogP) is 11.9. The first kappa shape index (κ1) is 43.6. The van der Waals surface area contributed by atoms with Gasteiger partial charge in [-0.2, -0.15) is 0 Å². The molecule has 2 unspecified atom stereocenters. The summed E-state index contributed by atoms with van der Waals surface area (Å²) in [5.74, 6) is 0.0821. The fraction of sp³-hybridized carbons (Fsp3) is 0.596. The van der Waals surface area contributed by atoms with Gasteiger partial charge in [-0.05, 0) is 99.8 Å². The molecule has 0 fully saturated rings. The Morgan fingerprint density at radius 3 is 1.37 bits per heavy atom. The van der Waals surface area contributed by atoms with Gasteiger partial charge in [0, 0.05) is 18.3 Å². The minimum Gasteiger partial charge on any atom is -0.660 e. The van der Waals surface area contributed by atoms with Crippen LogP contribution in [0.25, 0.3) is 12.2 Å². The maximum Gasteiger partial charge on any atom is 2.00 e. The molecule has 7 heteroatoms. The molecule has 0 amide bonds. The van der Waals surface area contributed by atoms with Crippen molar-refractivity contribution in [1.29, 1.82) is 0 Å². The molecular weight excluding hydrogens is 711 g/mol. The maximum atomic E-state index is 12.3. The number of esters is 1. The van der Waals surface area contributed by atoms with Gasteiger partial charge in [-0.25, -0.2) is 0 Å². The van der Waals surface area contributed by atoms with Crippen LogP contribution in [-0.4, -0.2) is 24.0 Å². The van der Waals surface area contributed by atoms with Gasteiger partial charge in [-0.1, -0.05) is 116 Å². The number of hydrogen-bond donors (Lipinski definition) is 0. The Balaban J connectivity index is 0.00000650. The molecule has 2 aromatic heterocycles. The summed E-state index contributed by atoms with van der Waals surface area (Å²) in [6.45, 7) is 22.9. The van der Waals surface area contributed by atoms with Crippen molar-refractivity contribution in [2.45, 2.75) is 177 Å². The summed E-state index contributed by atoms with van der Waals surface area (Å²) in [7, 11) is 0. The number of carbonyl (C=O) groups is 1. The van der Waals surface area contributed by atoms with Gasteiger partial charge in [0.2, 0.25) is 0 Å². The van der Waals surface area contributed by atoms with Crippen molar-refractivity contribution in [2.24, 2.45) is 9.98 Å². The number of rotatable bonds is 17. The summed E-state index contributed by atoms with van der Waals surface area (Å²) < 4.78 is 5.28. The Morgan fingerprint density at radius 2 is 1.00 bits per heavy atom. The second kappa shape index (κ2) is 20.1. The summed E-state index contributed by atoms with van der Waals surface area (Å²) in [5, 5.41) is 0. The van der Waals surface area contributed by atoms with Crippen molar-refractivity contribution in [1.82, 2.24) is 9.97 Å². The number of hydrogen-bond acceptors (Lipinski definition) is 4. The first-order valence-electron chi connectivity index (χ1n) is 21.4. The van der Waals surface area contributed by atoms with Gasteiger partial charge in [-0.15, -0.1) is 22.8 Å². The first-order valence-corrected chi connectivity index (χ1v) is 21.4. The molecule has 0 saturated heterocycles. The van der Waals surface area contributed by atoms with Crippen molar-refractivity contribution in [3.8, 4) is 0 Å². The van der Waals surface area contributed by atoms with Crippen LogP contribution in [0.15, 0.2) is 43.7 Å². The van der Waals surface area contributed by atoms with Crippen molar-refractivity contribution in [2.75, 3.05) is 6.61 Å². The third kappa shape index (κ3) is 8.47. The number of fused-ring (bicyclic) bond motifs is 6. The SMILES string of the molecule is CCCCC1C2=N/C(=C\c3[n-]c(c(CC)c3CC)C(CCCCC(=O)OCC)C3=N/C(=C\c4[n-]c1c(CC)c4CC)C(CC)=C3CC)C(CC)=C2CC.[Ni+2]. The Labute approximate surface area is 336 Å². The summed E-state index contributed by atoms with van der Waals surface area (Å²) in [4.78, 5) is 34.8. The summed E-state index contributed by atoms with van der Waals surface area (Å²) in [6.07, 6.45) is 18.4. The van der Waals surface area contributed by atoms with E-state index >= 15 is 0 Å². The minimum absolute atomic E-state index is 0. The average Bonchev–Trinajstić information content (AvgIpc) is 3.90. The fourth-order valence-corrected chi connectivity index (χ4v) is 9.41. The summed E-state index contributed by atoms with van der Waals surface area (Å²) in [5.41, 5.74) is 20.0. The number of ether oxygens (including phenoxy) is 1. The van der Waals surface area contributed by atoms with Gasteiger partial charge in [0.1, 0.15) is 0 Å². The van der Waals surface area contributed by atoms with E-state index in [1.165, 1.54) is 56.0 Å². The van der Waals surface area contributed by atoms with Gasteiger partial charge < -0.3 is 14.7 Å². The Morgan fingerprint density at radius 1 is 0.574 bits per heavy atom. The zero-order valence-corrected chi connectivity index (χ0v) is 36.0.